The Bertz CT molecular complexity index is 749. The summed E-state index contributed by atoms with van der Waals surface area (Å²) in [5.41, 5.74) is 0.491. The molecule has 0 saturated heterocycles. The third-order valence-corrected chi connectivity index (χ3v) is 12.1. The van der Waals surface area contributed by atoms with Crippen molar-refractivity contribution >= 4 is 27.7 Å². The van der Waals surface area contributed by atoms with Crippen molar-refractivity contribution in [2.45, 2.75) is 117 Å². The van der Waals surface area contributed by atoms with Crippen molar-refractivity contribution in [1.82, 2.24) is 0 Å². The molecular formula is C29H47BrO3. The molecular weight excluding hydrogens is 476 g/mol. The van der Waals surface area contributed by atoms with E-state index in [-0.39, 0.29) is 34.2 Å². The van der Waals surface area contributed by atoms with Crippen LogP contribution in [0, 0.1) is 52.3 Å². The van der Waals surface area contributed by atoms with Crippen LogP contribution in [0.4, 0.5) is 0 Å². The minimum absolute atomic E-state index is 0.0265. The minimum Gasteiger partial charge on any atom is -0.463 e. The second-order valence-electron chi connectivity index (χ2n) is 13.2. The summed E-state index contributed by atoms with van der Waals surface area (Å²) in [7, 11) is 0. The van der Waals surface area contributed by atoms with Crippen molar-refractivity contribution in [3.05, 3.63) is 0 Å². The topological polar surface area (TPSA) is 43.4 Å². The van der Waals surface area contributed by atoms with Crippen molar-refractivity contribution < 1.29 is 14.3 Å². The Hall–Kier alpha value is -0.380. The van der Waals surface area contributed by atoms with Gasteiger partial charge in [0.25, 0.3) is 0 Å². The Morgan fingerprint density at radius 2 is 1.67 bits per heavy atom. The third kappa shape index (κ3) is 4.49. The van der Waals surface area contributed by atoms with Gasteiger partial charge in [-0.15, -0.1) is 0 Å². The van der Waals surface area contributed by atoms with E-state index >= 15 is 0 Å². The van der Waals surface area contributed by atoms with E-state index in [9.17, 15) is 9.59 Å². The van der Waals surface area contributed by atoms with E-state index in [0.717, 1.165) is 37.0 Å². The van der Waals surface area contributed by atoms with Crippen molar-refractivity contribution in [1.29, 1.82) is 0 Å². The number of ketones is 1. The first-order valence-electron chi connectivity index (χ1n) is 13.8. The molecule has 0 spiro atoms. The van der Waals surface area contributed by atoms with Crippen LogP contribution in [0.25, 0.3) is 0 Å². The fraction of sp³-hybridized carbons (Fsp3) is 0.931. The molecule has 4 heteroatoms. The number of fused-ring (bicyclic) bond motifs is 5. The summed E-state index contributed by atoms with van der Waals surface area (Å²) in [6, 6.07) is 0. The molecule has 4 rings (SSSR count). The van der Waals surface area contributed by atoms with Gasteiger partial charge in [0.1, 0.15) is 11.9 Å². The molecule has 0 radical (unpaired) electrons. The largest absolute Gasteiger partial charge is 0.463 e. The van der Waals surface area contributed by atoms with Crippen LogP contribution in [-0.2, 0) is 14.3 Å². The second-order valence-corrected chi connectivity index (χ2v) is 14.2. The predicted octanol–water partition coefficient (Wildman–Crippen LogP) is 7.59. The van der Waals surface area contributed by atoms with E-state index in [4.69, 9.17) is 4.74 Å². The van der Waals surface area contributed by atoms with E-state index in [0.29, 0.717) is 23.0 Å². The molecule has 0 bridgehead atoms. The van der Waals surface area contributed by atoms with Gasteiger partial charge in [-0.2, -0.15) is 0 Å². The SMILES string of the molecule is CC(=O)O[C@@H]1CC[C@]2(C)[C@@H]3CC[C@]4(C)[C@H](CC[C@H]4[C@H](C)CCCC(C)C)[C@H]3C(=O)[C@H](Br)[C@H]2C1. The first-order chi connectivity index (χ1) is 15.5. The highest BCUT2D eigenvalue weighted by Gasteiger charge is 2.65. The van der Waals surface area contributed by atoms with Gasteiger partial charge in [-0.25, -0.2) is 0 Å². The van der Waals surface area contributed by atoms with Gasteiger partial charge in [0.05, 0.1) is 4.83 Å². The quantitative estimate of drug-likeness (QED) is 0.266. The van der Waals surface area contributed by atoms with E-state index in [1.165, 1.54) is 51.9 Å². The number of carbonyl (C=O) groups is 2. The predicted molar refractivity (Wildman–Crippen MR) is 137 cm³/mol. The normalized spacial score (nSPS) is 45.8. The highest BCUT2D eigenvalue weighted by molar-refractivity contribution is 9.10. The van der Waals surface area contributed by atoms with Gasteiger partial charge in [0, 0.05) is 12.8 Å². The maximum absolute atomic E-state index is 13.9. The smallest absolute Gasteiger partial charge is 0.302 e. The highest BCUT2D eigenvalue weighted by atomic mass is 79.9. The van der Waals surface area contributed by atoms with Crippen molar-refractivity contribution in [2.24, 2.45) is 52.3 Å². The van der Waals surface area contributed by atoms with Gasteiger partial charge < -0.3 is 4.74 Å². The molecule has 0 unspecified atom stereocenters. The highest BCUT2D eigenvalue weighted by Crippen LogP contribution is 2.68. The Balaban J connectivity index is 1.53. The summed E-state index contributed by atoms with van der Waals surface area (Å²) in [5.74, 6) is 4.13. The van der Waals surface area contributed by atoms with Gasteiger partial charge >= 0.3 is 5.97 Å². The number of halogens is 1. The van der Waals surface area contributed by atoms with Crippen LogP contribution >= 0.6 is 15.9 Å². The number of carbonyl (C=O) groups excluding carboxylic acids is 2. The van der Waals surface area contributed by atoms with Crippen LogP contribution in [0.3, 0.4) is 0 Å². The van der Waals surface area contributed by atoms with E-state index in [2.05, 4.69) is 50.5 Å². The van der Waals surface area contributed by atoms with Gasteiger partial charge in [0.2, 0.25) is 0 Å². The van der Waals surface area contributed by atoms with Crippen LogP contribution in [0.15, 0.2) is 0 Å². The maximum Gasteiger partial charge on any atom is 0.302 e. The number of rotatable bonds is 6. The summed E-state index contributed by atoms with van der Waals surface area (Å²) >= 11 is 3.90. The van der Waals surface area contributed by atoms with Crippen LogP contribution in [0.5, 0.6) is 0 Å². The van der Waals surface area contributed by atoms with E-state index in [1.807, 2.05) is 0 Å². The number of ether oxygens (including phenoxy) is 1. The lowest BCUT2D eigenvalue weighted by atomic mass is 9.44. The fourth-order valence-electron chi connectivity index (χ4n) is 9.27. The standard InChI is InChI=1S/C29H47BrO3/c1-17(2)8-7-9-18(3)21-10-11-22-25-23(13-15-28(21,22)5)29(6)14-12-20(33-19(4)31)16-24(29)26(30)27(25)32/h17-18,20-26H,7-16H2,1-6H3/t18-,20-,21+,22-,23-,24-,25-,26-,28+,29-/m1/s1. The van der Waals surface area contributed by atoms with Gasteiger partial charge in [-0.3, -0.25) is 9.59 Å². The Labute approximate surface area is 210 Å². The lowest BCUT2D eigenvalue weighted by Gasteiger charge is -2.61. The third-order valence-electron chi connectivity index (χ3n) is 11.0. The van der Waals surface area contributed by atoms with Gasteiger partial charge in [-0.05, 0) is 91.3 Å². The van der Waals surface area contributed by atoms with E-state index in [1.54, 1.807) is 0 Å². The molecule has 3 nitrogen and oxygen atoms in total. The van der Waals surface area contributed by atoms with Gasteiger partial charge in [-0.1, -0.05) is 69.8 Å². The van der Waals surface area contributed by atoms with Crippen molar-refractivity contribution in [3.8, 4) is 0 Å². The average Bonchev–Trinajstić information content (AvgIpc) is 3.09. The number of alkyl halides is 1. The molecule has 4 saturated carbocycles. The number of hydrogen-bond acceptors (Lipinski definition) is 3. The summed E-state index contributed by atoms with van der Waals surface area (Å²) < 4.78 is 5.61. The molecule has 0 N–H and O–H groups in total. The second kappa shape index (κ2) is 9.58. The zero-order chi connectivity index (χ0) is 24.1. The molecule has 4 aliphatic carbocycles. The molecule has 4 aliphatic rings. The monoisotopic (exact) mass is 522 g/mol. The summed E-state index contributed by atoms with van der Waals surface area (Å²) in [4.78, 5) is 25.4. The summed E-state index contributed by atoms with van der Waals surface area (Å²) in [6.45, 7) is 13.7. The molecule has 0 aromatic heterocycles. The van der Waals surface area contributed by atoms with Crippen LogP contribution in [-0.4, -0.2) is 22.7 Å². The molecule has 0 aromatic rings. The molecule has 0 amide bonds. The molecule has 10 atom stereocenters. The molecule has 4 fully saturated rings. The van der Waals surface area contributed by atoms with Gasteiger partial charge in [0.15, 0.2) is 0 Å². The van der Waals surface area contributed by atoms with Crippen LogP contribution in [0.2, 0.25) is 0 Å². The molecule has 33 heavy (non-hydrogen) atoms. The Morgan fingerprint density at radius 3 is 2.33 bits per heavy atom. The molecule has 188 valence electrons. The fourth-order valence-corrected chi connectivity index (χ4v) is 10.4. The summed E-state index contributed by atoms with van der Waals surface area (Å²) in [6.07, 6.45) is 11.9. The number of Topliss-reactive ketones (excluding diaryl/α,β-unsaturated/α-hetero) is 1. The van der Waals surface area contributed by atoms with Crippen LogP contribution in [0.1, 0.15) is 106 Å². The lowest BCUT2D eigenvalue weighted by molar-refractivity contribution is -0.166. The lowest BCUT2D eigenvalue weighted by Crippen LogP contribution is -2.61. The first kappa shape index (κ1) is 25.7. The average molecular weight is 524 g/mol. The zero-order valence-corrected chi connectivity index (χ0v) is 23.5. The Morgan fingerprint density at radius 1 is 1.00 bits per heavy atom. The molecule has 0 aliphatic heterocycles. The first-order valence-corrected chi connectivity index (χ1v) is 14.8. The summed E-state index contributed by atoms with van der Waals surface area (Å²) in [5, 5.41) is 0. The number of hydrogen-bond donors (Lipinski definition) is 0. The number of esters is 1. The Kier molecular flexibility index (Phi) is 7.46. The minimum atomic E-state index is -0.192. The molecule has 0 aromatic carbocycles. The molecule has 0 heterocycles. The maximum atomic E-state index is 13.9. The zero-order valence-electron chi connectivity index (χ0n) is 21.9. The van der Waals surface area contributed by atoms with E-state index < -0.39 is 0 Å². The van der Waals surface area contributed by atoms with Crippen LogP contribution < -0.4 is 0 Å². The van der Waals surface area contributed by atoms with Crippen molar-refractivity contribution in [3.63, 3.8) is 0 Å². The van der Waals surface area contributed by atoms with Crippen molar-refractivity contribution in [2.75, 3.05) is 0 Å².